The number of sulfonamides is 1. The van der Waals surface area contributed by atoms with Crippen molar-refractivity contribution in [2.45, 2.75) is 82.1 Å². The summed E-state index contributed by atoms with van der Waals surface area (Å²) < 4.78 is 69.5. The van der Waals surface area contributed by atoms with Crippen LogP contribution in [0.15, 0.2) is 83.8 Å². The molecular weight excluding hydrogens is 591 g/mol. The van der Waals surface area contributed by atoms with Gasteiger partial charge >= 0.3 is 6.18 Å². The second kappa shape index (κ2) is 14.3. The Balaban J connectivity index is 1.75. The molecule has 236 valence electrons. The molecule has 1 N–H and O–H groups in total. The maximum Gasteiger partial charge on any atom is 0.416 e. The van der Waals surface area contributed by atoms with Gasteiger partial charge in [0.2, 0.25) is 11.8 Å². The number of alkyl halides is 3. The highest BCUT2D eigenvalue weighted by Gasteiger charge is 2.36. The predicted octanol–water partition coefficient (Wildman–Crippen LogP) is 6.47. The first-order chi connectivity index (χ1) is 20.9. The number of hydrogen-bond donors (Lipinski definition) is 1. The molecule has 1 saturated carbocycles. The van der Waals surface area contributed by atoms with Crippen molar-refractivity contribution < 1.29 is 31.2 Å². The zero-order valence-electron chi connectivity index (χ0n) is 24.9. The minimum atomic E-state index is -4.73. The number of halogens is 3. The zero-order valence-corrected chi connectivity index (χ0v) is 25.7. The number of carbonyl (C=O) groups excluding carboxylic acids is 2. The number of carbonyl (C=O) groups is 2. The first-order valence-corrected chi connectivity index (χ1v) is 16.2. The van der Waals surface area contributed by atoms with Gasteiger partial charge in [-0.15, -0.1) is 0 Å². The zero-order chi connectivity index (χ0) is 31.9. The summed E-state index contributed by atoms with van der Waals surface area (Å²) in [6.07, 6.45) is 0.296. The smallest absolute Gasteiger partial charge is 0.352 e. The lowest BCUT2D eigenvalue weighted by molar-refractivity contribution is -0.140. The lowest BCUT2D eigenvalue weighted by atomic mass is 9.95. The van der Waals surface area contributed by atoms with Crippen molar-refractivity contribution in [2.75, 3.05) is 10.8 Å². The monoisotopic (exact) mass is 629 g/mol. The molecule has 44 heavy (non-hydrogen) atoms. The summed E-state index contributed by atoms with van der Waals surface area (Å²) in [6, 6.07) is 17.5. The molecule has 1 aliphatic rings. The number of anilines is 1. The third-order valence-electron chi connectivity index (χ3n) is 8.01. The van der Waals surface area contributed by atoms with Gasteiger partial charge in [-0.2, -0.15) is 13.2 Å². The Labute approximate surface area is 257 Å². The van der Waals surface area contributed by atoms with E-state index in [1.807, 2.05) is 31.2 Å². The summed E-state index contributed by atoms with van der Waals surface area (Å²) >= 11 is 0. The van der Waals surface area contributed by atoms with Crippen LogP contribution in [0.1, 0.15) is 62.1 Å². The average Bonchev–Trinajstić information content (AvgIpc) is 3.01. The normalized spacial score (nSPS) is 14.9. The Morgan fingerprint density at radius 1 is 0.932 bits per heavy atom. The van der Waals surface area contributed by atoms with Crippen LogP contribution in [-0.4, -0.2) is 43.8 Å². The van der Waals surface area contributed by atoms with Crippen LogP contribution in [0.2, 0.25) is 0 Å². The van der Waals surface area contributed by atoms with E-state index < -0.39 is 40.3 Å². The van der Waals surface area contributed by atoms with Gasteiger partial charge in [0.05, 0.1) is 16.1 Å². The standard InChI is InChI=1S/C33H38F3N3O4S/c1-3-30(32(41)37-27-16-6-4-7-17-27)38(22-25-14-11-10-13-24(25)2)31(40)23-39(44(42,43)29-19-8-5-9-20-29)28-18-12-15-26(21-28)33(34,35)36/h5,8-15,18-21,27,30H,3-4,6-7,16-17,22-23H2,1-2H3,(H,37,41)/t30-/m0/s1. The molecule has 0 unspecified atom stereocenters. The SMILES string of the molecule is CC[C@@H](C(=O)NC1CCCCC1)N(Cc1ccccc1C)C(=O)CN(c1cccc(C(F)(F)F)c1)S(=O)(=O)c1ccccc1. The molecule has 0 saturated heterocycles. The van der Waals surface area contributed by atoms with E-state index in [2.05, 4.69) is 5.32 Å². The van der Waals surface area contributed by atoms with Crippen molar-refractivity contribution in [3.8, 4) is 0 Å². The van der Waals surface area contributed by atoms with Gasteiger partial charge in [0.25, 0.3) is 10.0 Å². The molecule has 3 aromatic carbocycles. The van der Waals surface area contributed by atoms with Crippen molar-refractivity contribution >= 4 is 27.5 Å². The molecule has 2 amide bonds. The Hall–Kier alpha value is -3.86. The van der Waals surface area contributed by atoms with Crippen LogP contribution >= 0.6 is 0 Å². The van der Waals surface area contributed by atoms with Gasteiger partial charge in [-0.1, -0.05) is 74.7 Å². The largest absolute Gasteiger partial charge is 0.416 e. The first kappa shape index (κ1) is 33.0. The Morgan fingerprint density at radius 2 is 1.59 bits per heavy atom. The molecule has 11 heteroatoms. The molecule has 3 aromatic rings. The topological polar surface area (TPSA) is 86.8 Å². The number of nitrogens with one attached hydrogen (secondary N) is 1. The molecule has 1 fully saturated rings. The van der Waals surface area contributed by atoms with E-state index in [1.165, 1.54) is 35.2 Å². The average molecular weight is 630 g/mol. The van der Waals surface area contributed by atoms with Crippen LogP contribution in [0.3, 0.4) is 0 Å². The fourth-order valence-electron chi connectivity index (χ4n) is 5.52. The molecule has 0 aliphatic heterocycles. The Morgan fingerprint density at radius 3 is 2.23 bits per heavy atom. The summed E-state index contributed by atoms with van der Waals surface area (Å²) in [6.45, 7) is 2.85. The maximum absolute atomic E-state index is 14.2. The minimum Gasteiger partial charge on any atom is -0.352 e. The van der Waals surface area contributed by atoms with Gasteiger partial charge in [-0.05, 0) is 67.6 Å². The van der Waals surface area contributed by atoms with Crippen molar-refractivity contribution in [3.05, 3.63) is 95.6 Å². The predicted molar refractivity (Wildman–Crippen MR) is 163 cm³/mol. The van der Waals surface area contributed by atoms with E-state index in [9.17, 15) is 31.2 Å². The van der Waals surface area contributed by atoms with E-state index in [0.29, 0.717) is 10.4 Å². The molecule has 0 aromatic heterocycles. The van der Waals surface area contributed by atoms with E-state index in [-0.39, 0.29) is 35.5 Å². The summed E-state index contributed by atoms with van der Waals surface area (Å²) in [5.41, 5.74) is 0.277. The van der Waals surface area contributed by atoms with E-state index in [4.69, 9.17) is 0 Å². The minimum absolute atomic E-state index is 0.0132. The highest BCUT2D eigenvalue weighted by molar-refractivity contribution is 7.92. The van der Waals surface area contributed by atoms with Crippen LogP contribution in [0, 0.1) is 6.92 Å². The lowest BCUT2D eigenvalue weighted by Crippen LogP contribution is -2.54. The fraction of sp³-hybridized carbons (Fsp3) is 0.394. The first-order valence-electron chi connectivity index (χ1n) is 14.8. The van der Waals surface area contributed by atoms with Crippen LogP contribution in [0.25, 0.3) is 0 Å². The maximum atomic E-state index is 14.2. The van der Waals surface area contributed by atoms with Crippen molar-refractivity contribution in [3.63, 3.8) is 0 Å². The lowest BCUT2D eigenvalue weighted by Gasteiger charge is -2.35. The molecule has 4 rings (SSSR count). The highest BCUT2D eigenvalue weighted by atomic mass is 32.2. The van der Waals surface area contributed by atoms with Crippen LogP contribution in [0.5, 0.6) is 0 Å². The van der Waals surface area contributed by atoms with Gasteiger partial charge in [-0.3, -0.25) is 13.9 Å². The van der Waals surface area contributed by atoms with Crippen LogP contribution in [-0.2, 0) is 32.3 Å². The number of benzene rings is 3. The molecule has 0 spiro atoms. The van der Waals surface area contributed by atoms with E-state index in [1.54, 1.807) is 13.0 Å². The number of amides is 2. The van der Waals surface area contributed by atoms with Crippen molar-refractivity contribution in [2.24, 2.45) is 0 Å². The van der Waals surface area contributed by atoms with Crippen molar-refractivity contribution in [1.29, 1.82) is 0 Å². The molecular formula is C33H38F3N3O4S. The number of hydrogen-bond acceptors (Lipinski definition) is 4. The summed E-state index contributed by atoms with van der Waals surface area (Å²) in [5, 5.41) is 3.08. The van der Waals surface area contributed by atoms with Crippen LogP contribution in [0.4, 0.5) is 18.9 Å². The molecule has 7 nitrogen and oxygen atoms in total. The Bertz CT molecular complexity index is 1540. The quantitative estimate of drug-likeness (QED) is 0.264. The number of rotatable bonds is 11. The Kier molecular flexibility index (Phi) is 10.7. The summed E-state index contributed by atoms with van der Waals surface area (Å²) in [5.74, 6) is -1.05. The fourth-order valence-corrected chi connectivity index (χ4v) is 6.95. The van der Waals surface area contributed by atoms with Crippen molar-refractivity contribution in [1.82, 2.24) is 10.2 Å². The third-order valence-corrected chi connectivity index (χ3v) is 9.80. The second-order valence-electron chi connectivity index (χ2n) is 11.1. The van der Waals surface area contributed by atoms with Crippen LogP contribution < -0.4 is 9.62 Å². The molecule has 1 atom stereocenters. The summed E-state index contributed by atoms with van der Waals surface area (Å²) in [7, 11) is -4.48. The molecule has 1 aliphatic carbocycles. The van der Waals surface area contributed by atoms with Gasteiger partial charge in [0.1, 0.15) is 12.6 Å². The molecule has 0 bridgehead atoms. The molecule has 0 heterocycles. The number of aryl methyl sites for hydroxylation is 1. The summed E-state index contributed by atoms with van der Waals surface area (Å²) in [4.78, 5) is 29.0. The number of nitrogens with zero attached hydrogens (tertiary/aromatic N) is 2. The molecule has 0 radical (unpaired) electrons. The van der Waals surface area contributed by atoms with Gasteiger partial charge in [0, 0.05) is 12.6 Å². The highest BCUT2D eigenvalue weighted by Crippen LogP contribution is 2.33. The van der Waals surface area contributed by atoms with E-state index in [0.717, 1.165) is 55.4 Å². The van der Waals surface area contributed by atoms with E-state index >= 15 is 0 Å². The third kappa shape index (κ3) is 7.99. The van der Waals surface area contributed by atoms with Gasteiger partial charge in [-0.25, -0.2) is 8.42 Å². The van der Waals surface area contributed by atoms with Gasteiger partial charge in [0.15, 0.2) is 0 Å². The second-order valence-corrected chi connectivity index (χ2v) is 13.0. The van der Waals surface area contributed by atoms with Gasteiger partial charge < -0.3 is 10.2 Å².